The SMILES string of the molecule is CC(N)c1ccc2[nH]cc(Br)c2c1. The van der Waals surface area contributed by atoms with E-state index in [0.717, 1.165) is 15.6 Å². The fraction of sp³-hybridized carbons (Fsp3) is 0.200. The molecule has 2 rings (SSSR count). The van der Waals surface area contributed by atoms with Crippen molar-refractivity contribution in [1.29, 1.82) is 0 Å². The van der Waals surface area contributed by atoms with Crippen LogP contribution in [0.5, 0.6) is 0 Å². The molecule has 13 heavy (non-hydrogen) atoms. The second-order valence-electron chi connectivity index (χ2n) is 3.23. The van der Waals surface area contributed by atoms with Gasteiger partial charge in [-0.2, -0.15) is 0 Å². The number of aromatic nitrogens is 1. The maximum atomic E-state index is 5.80. The van der Waals surface area contributed by atoms with Crippen molar-refractivity contribution in [2.24, 2.45) is 5.73 Å². The molecule has 0 amide bonds. The Balaban J connectivity index is 2.66. The van der Waals surface area contributed by atoms with Crippen molar-refractivity contribution in [2.45, 2.75) is 13.0 Å². The van der Waals surface area contributed by atoms with Crippen LogP contribution < -0.4 is 5.73 Å². The lowest BCUT2D eigenvalue weighted by molar-refractivity contribution is 0.820. The fourth-order valence-corrected chi connectivity index (χ4v) is 1.83. The molecular weight excluding hydrogens is 228 g/mol. The number of hydrogen-bond donors (Lipinski definition) is 2. The molecule has 1 atom stereocenters. The first kappa shape index (κ1) is 8.78. The van der Waals surface area contributed by atoms with E-state index in [1.54, 1.807) is 0 Å². The van der Waals surface area contributed by atoms with Gasteiger partial charge in [-0.15, -0.1) is 0 Å². The third kappa shape index (κ3) is 1.49. The van der Waals surface area contributed by atoms with Crippen LogP contribution in [0, 0.1) is 0 Å². The van der Waals surface area contributed by atoms with Crippen LogP contribution in [0.15, 0.2) is 28.9 Å². The number of rotatable bonds is 1. The van der Waals surface area contributed by atoms with Crippen LogP contribution in [0.3, 0.4) is 0 Å². The average molecular weight is 239 g/mol. The number of benzene rings is 1. The zero-order chi connectivity index (χ0) is 9.42. The molecular formula is C10H11BrN2. The average Bonchev–Trinajstić information content (AvgIpc) is 2.47. The van der Waals surface area contributed by atoms with Gasteiger partial charge in [0.25, 0.3) is 0 Å². The van der Waals surface area contributed by atoms with Gasteiger partial charge in [0.2, 0.25) is 0 Å². The van der Waals surface area contributed by atoms with E-state index in [-0.39, 0.29) is 6.04 Å². The van der Waals surface area contributed by atoms with Crippen LogP contribution in [0.2, 0.25) is 0 Å². The number of hydrogen-bond acceptors (Lipinski definition) is 1. The Kier molecular flexibility index (Phi) is 2.14. The Morgan fingerprint density at radius 2 is 2.23 bits per heavy atom. The van der Waals surface area contributed by atoms with Crippen molar-refractivity contribution >= 4 is 26.8 Å². The summed E-state index contributed by atoms with van der Waals surface area (Å²) < 4.78 is 1.09. The van der Waals surface area contributed by atoms with Gasteiger partial charge in [-0.1, -0.05) is 6.07 Å². The second-order valence-corrected chi connectivity index (χ2v) is 4.08. The largest absolute Gasteiger partial charge is 0.360 e. The fourth-order valence-electron chi connectivity index (χ4n) is 1.39. The Bertz CT molecular complexity index is 431. The normalized spacial score (nSPS) is 13.5. The standard InChI is InChI=1S/C10H11BrN2/c1-6(12)7-2-3-10-8(4-7)9(11)5-13-10/h2-6,13H,12H2,1H3. The first-order valence-corrected chi connectivity index (χ1v) is 5.00. The molecule has 2 nitrogen and oxygen atoms in total. The molecule has 3 N–H and O–H groups in total. The van der Waals surface area contributed by atoms with Gasteiger partial charge >= 0.3 is 0 Å². The molecule has 1 aromatic heterocycles. The van der Waals surface area contributed by atoms with E-state index in [9.17, 15) is 0 Å². The molecule has 2 aromatic rings. The van der Waals surface area contributed by atoms with Crippen molar-refractivity contribution in [3.63, 3.8) is 0 Å². The molecule has 1 heterocycles. The zero-order valence-electron chi connectivity index (χ0n) is 7.34. The summed E-state index contributed by atoms with van der Waals surface area (Å²) in [5.74, 6) is 0. The van der Waals surface area contributed by atoms with Crippen LogP contribution in [0.4, 0.5) is 0 Å². The second kappa shape index (κ2) is 3.16. The molecule has 0 bridgehead atoms. The zero-order valence-corrected chi connectivity index (χ0v) is 8.93. The van der Waals surface area contributed by atoms with E-state index in [2.05, 4.69) is 39.1 Å². The first-order valence-electron chi connectivity index (χ1n) is 4.20. The Morgan fingerprint density at radius 1 is 1.46 bits per heavy atom. The van der Waals surface area contributed by atoms with Crippen LogP contribution >= 0.6 is 15.9 Å². The molecule has 68 valence electrons. The highest BCUT2D eigenvalue weighted by Crippen LogP contribution is 2.25. The maximum absolute atomic E-state index is 5.80. The van der Waals surface area contributed by atoms with Gasteiger partial charge < -0.3 is 10.7 Å². The Labute approximate surface area is 85.3 Å². The van der Waals surface area contributed by atoms with Gasteiger partial charge in [-0.05, 0) is 40.5 Å². The minimum absolute atomic E-state index is 0.0891. The summed E-state index contributed by atoms with van der Waals surface area (Å²) in [4.78, 5) is 3.17. The van der Waals surface area contributed by atoms with Crippen molar-refractivity contribution in [3.05, 3.63) is 34.4 Å². The minimum atomic E-state index is 0.0891. The van der Waals surface area contributed by atoms with Gasteiger partial charge in [-0.25, -0.2) is 0 Å². The van der Waals surface area contributed by atoms with Crippen molar-refractivity contribution < 1.29 is 0 Å². The summed E-state index contributed by atoms with van der Waals surface area (Å²) in [5.41, 5.74) is 8.09. The number of fused-ring (bicyclic) bond motifs is 1. The van der Waals surface area contributed by atoms with Crippen molar-refractivity contribution in [2.75, 3.05) is 0 Å². The van der Waals surface area contributed by atoms with E-state index < -0.39 is 0 Å². The van der Waals surface area contributed by atoms with Crippen LogP contribution in [-0.2, 0) is 0 Å². The first-order chi connectivity index (χ1) is 6.18. The van der Waals surface area contributed by atoms with Crippen molar-refractivity contribution in [1.82, 2.24) is 4.98 Å². The van der Waals surface area contributed by atoms with Crippen LogP contribution in [-0.4, -0.2) is 4.98 Å². The molecule has 0 aliphatic carbocycles. The molecule has 0 aliphatic rings. The number of nitrogens with one attached hydrogen (secondary N) is 1. The summed E-state index contributed by atoms with van der Waals surface area (Å²) in [5, 5.41) is 1.19. The molecule has 1 aromatic carbocycles. The smallest absolute Gasteiger partial charge is 0.0465 e. The quantitative estimate of drug-likeness (QED) is 0.789. The maximum Gasteiger partial charge on any atom is 0.0465 e. The predicted octanol–water partition coefficient (Wildman–Crippen LogP) is 2.95. The van der Waals surface area contributed by atoms with Crippen LogP contribution in [0.25, 0.3) is 10.9 Å². The van der Waals surface area contributed by atoms with E-state index in [1.807, 2.05) is 13.1 Å². The van der Waals surface area contributed by atoms with Gasteiger partial charge in [0.05, 0.1) is 0 Å². The Morgan fingerprint density at radius 3 is 2.92 bits per heavy atom. The highest BCUT2D eigenvalue weighted by Gasteiger charge is 2.04. The summed E-state index contributed by atoms with van der Waals surface area (Å²) in [6, 6.07) is 6.31. The number of aromatic amines is 1. The van der Waals surface area contributed by atoms with E-state index in [1.165, 1.54) is 5.39 Å². The third-order valence-corrected chi connectivity index (χ3v) is 2.84. The topological polar surface area (TPSA) is 41.8 Å². The van der Waals surface area contributed by atoms with Gasteiger partial charge in [0, 0.05) is 27.6 Å². The monoisotopic (exact) mass is 238 g/mol. The molecule has 3 heteroatoms. The third-order valence-electron chi connectivity index (χ3n) is 2.18. The lowest BCUT2D eigenvalue weighted by Gasteiger charge is -2.04. The highest BCUT2D eigenvalue weighted by molar-refractivity contribution is 9.10. The summed E-state index contributed by atoms with van der Waals surface area (Å²) >= 11 is 3.48. The molecule has 0 saturated carbocycles. The van der Waals surface area contributed by atoms with Crippen molar-refractivity contribution in [3.8, 4) is 0 Å². The molecule has 1 unspecified atom stereocenters. The van der Waals surface area contributed by atoms with Gasteiger partial charge in [-0.3, -0.25) is 0 Å². The molecule has 0 spiro atoms. The number of halogens is 1. The number of nitrogens with two attached hydrogens (primary N) is 1. The Hall–Kier alpha value is -0.800. The van der Waals surface area contributed by atoms with Gasteiger partial charge in [0.1, 0.15) is 0 Å². The lowest BCUT2D eigenvalue weighted by Crippen LogP contribution is -2.04. The minimum Gasteiger partial charge on any atom is -0.360 e. The molecule has 0 fully saturated rings. The number of H-pyrrole nitrogens is 1. The summed E-state index contributed by atoms with van der Waals surface area (Å²) in [6.07, 6.45) is 1.94. The van der Waals surface area contributed by atoms with Gasteiger partial charge in [0.15, 0.2) is 0 Å². The lowest BCUT2D eigenvalue weighted by atomic mass is 10.1. The summed E-state index contributed by atoms with van der Waals surface area (Å²) in [6.45, 7) is 1.99. The highest BCUT2D eigenvalue weighted by atomic mass is 79.9. The van der Waals surface area contributed by atoms with E-state index in [4.69, 9.17) is 5.73 Å². The predicted molar refractivity (Wildman–Crippen MR) is 58.6 cm³/mol. The molecule has 0 radical (unpaired) electrons. The van der Waals surface area contributed by atoms with Crippen LogP contribution in [0.1, 0.15) is 18.5 Å². The molecule has 0 aliphatic heterocycles. The summed E-state index contributed by atoms with van der Waals surface area (Å²) in [7, 11) is 0. The molecule has 0 saturated heterocycles. The van der Waals surface area contributed by atoms with E-state index in [0.29, 0.717) is 0 Å². The van der Waals surface area contributed by atoms with E-state index >= 15 is 0 Å².